The first-order valence-corrected chi connectivity index (χ1v) is 8.19. The predicted octanol–water partition coefficient (Wildman–Crippen LogP) is 2.95. The second-order valence-electron chi connectivity index (χ2n) is 6.55. The fourth-order valence-corrected chi connectivity index (χ4v) is 3.35. The number of carbonyl (C=O) groups excluding carboxylic acids is 1. The fourth-order valence-electron chi connectivity index (χ4n) is 3.35. The van der Waals surface area contributed by atoms with Crippen molar-refractivity contribution in [1.82, 2.24) is 10.2 Å². The number of nitrogens with one attached hydrogen (secondary N) is 1. The number of hydrogen-bond donors (Lipinski definition) is 1. The van der Waals surface area contributed by atoms with E-state index in [4.69, 9.17) is 4.42 Å². The number of nitrogens with zero attached hydrogens (tertiary/aromatic N) is 1. The normalized spacial score (nSPS) is 22.3. The number of amides is 1. The number of furan rings is 1. The minimum atomic E-state index is 0.164. The topological polar surface area (TPSA) is 45.5 Å². The third-order valence-corrected chi connectivity index (χ3v) is 4.85. The van der Waals surface area contributed by atoms with Gasteiger partial charge in [-0.1, -0.05) is 6.42 Å². The van der Waals surface area contributed by atoms with Crippen molar-refractivity contribution < 1.29 is 9.21 Å². The Bertz CT molecular complexity index is 525. The van der Waals surface area contributed by atoms with Gasteiger partial charge < -0.3 is 14.6 Å². The van der Waals surface area contributed by atoms with Crippen molar-refractivity contribution in [3.05, 3.63) is 22.6 Å². The Morgan fingerprint density at radius 2 is 1.95 bits per heavy atom. The molecule has 1 saturated carbocycles. The first-order valence-electron chi connectivity index (χ1n) is 8.19. The number of aryl methyl sites for hydroxylation is 2. The van der Waals surface area contributed by atoms with E-state index in [0.29, 0.717) is 12.1 Å². The van der Waals surface area contributed by atoms with Crippen LogP contribution >= 0.6 is 0 Å². The maximum atomic E-state index is 13.0. The average Bonchev–Trinajstić information content (AvgIpc) is 3.26. The molecule has 1 saturated heterocycles. The van der Waals surface area contributed by atoms with Gasteiger partial charge in [0.2, 0.25) is 0 Å². The van der Waals surface area contributed by atoms with Crippen LogP contribution in [0.15, 0.2) is 4.42 Å². The van der Waals surface area contributed by atoms with Crippen molar-refractivity contribution in [2.24, 2.45) is 0 Å². The average molecular weight is 290 g/mol. The Morgan fingerprint density at radius 1 is 1.19 bits per heavy atom. The minimum Gasteiger partial charge on any atom is -0.466 e. The Balaban J connectivity index is 1.78. The van der Waals surface area contributed by atoms with Crippen molar-refractivity contribution in [3.8, 4) is 0 Å². The van der Waals surface area contributed by atoms with Gasteiger partial charge >= 0.3 is 0 Å². The van der Waals surface area contributed by atoms with Gasteiger partial charge in [0.15, 0.2) is 0 Å². The molecule has 21 heavy (non-hydrogen) atoms. The van der Waals surface area contributed by atoms with Crippen LogP contribution in [0.3, 0.4) is 0 Å². The minimum absolute atomic E-state index is 0.164. The van der Waals surface area contributed by atoms with Crippen LogP contribution in [0.1, 0.15) is 59.5 Å². The number of hydrogen-bond acceptors (Lipinski definition) is 3. The summed E-state index contributed by atoms with van der Waals surface area (Å²) >= 11 is 0. The van der Waals surface area contributed by atoms with Crippen LogP contribution in [-0.2, 0) is 0 Å². The van der Waals surface area contributed by atoms with E-state index in [1.807, 2.05) is 20.8 Å². The molecule has 0 radical (unpaired) electrons. The van der Waals surface area contributed by atoms with Gasteiger partial charge in [-0.05, 0) is 53.0 Å². The summed E-state index contributed by atoms with van der Waals surface area (Å²) in [5.74, 6) is 1.79. The summed E-state index contributed by atoms with van der Waals surface area (Å²) in [6.45, 7) is 7.75. The summed E-state index contributed by atoms with van der Waals surface area (Å²) < 4.78 is 5.64. The summed E-state index contributed by atoms with van der Waals surface area (Å²) in [5.41, 5.74) is 1.79. The molecule has 2 fully saturated rings. The summed E-state index contributed by atoms with van der Waals surface area (Å²) in [5, 5.41) is 3.56. The molecule has 1 atom stereocenters. The molecule has 0 spiro atoms. The van der Waals surface area contributed by atoms with Gasteiger partial charge in [-0.3, -0.25) is 4.79 Å². The van der Waals surface area contributed by atoms with E-state index in [0.717, 1.165) is 48.6 Å². The lowest BCUT2D eigenvalue weighted by molar-refractivity contribution is 0.0715. The molecule has 1 aromatic heterocycles. The van der Waals surface area contributed by atoms with Crippen molar-refractivity contribution in [1.29, 1.82) is 0 Å². The van der Waals surface area contributed by atoms with Crippen LogP contribution in [0.4, 0.5) is 0 Å². The molecule has 2 heterocycles. The van der Waals surface area contributed by atoms with E-state index in [1.165, 1.54) is 19.3 Å². The number of rotatable bonds is 4. The predicted molar refractivity (Wildman–Crippen MR) is 82.6 cm³/mol. The highest BCUT2D eigenvalue weighted by atomic mass is 16.3. The molecular formula is C17H26N2O2. The third kappa shape index (κ3) is 3.00. The fraction of sp³-hybridized carbons (Fsp3) is 0.706. The van der Waals surface area contributed by atoms with Gasteiger partial charge in [-0.2, -0.15) is 0 Å². The summed E-state index contributed by atoms with van der Waals surface area (Å²) in [7, 11) is 0. The van der Waals surface area contributed by atoms with E-state index in [1.54, 1.807) is 0 Å². The van der Waals surface area contributed by atoms with Gasteiger partial charge in [0, 0.05) is 24.2 Å². The molecule has 4 nitrogen and oxygen atoms in total. The molecule has 1 aromatic rings. The van der Waals surface area contributed by atoms with Gasteiger partial charge in [0.1, 0.15) is 11.5 Å². The smallest absolute Gasteiger partial charge is 0.257 e. The molecule has 1 amide bonds. The van der Waals surface area contributed by atoms with E-state index >= 15 is 0 Å². The first kappa shape index (κ1) is 14.6. The Labute approximate surface area is 126 Å². The summed E-state index contributed by atoms with van der Waals surface area (Å²) in [6.07, 6.45) is 6.00. The Kier molecular flexibility index (Phi) is 4.07. The molecule has 3 rings (SSSR count). The van der Waals surface area contributed by atoms with Crippen LogP contribution in [0.25, 0.3) is 0 Å². The number of carbonyl (C=O) groups is 1. The largest absolute Gasteiger partial charge is 0.466 e. The van der Waals surface area contributed by atoms with Gasteiger partial charge in [0.25, 0.3) is 5.91 Å². The SMILES string of the molecule is Cc1oc(C)c(C(=O)N(CC2CCCCN2)C2CC2)c1C. The highest BCUT2D eigenvalue weighted by Gasteiger charge is 2.36. The second kappa shape index (κ2) is 5.84. The second-order valence-corrected chi connectivity index (χ2v) is 6.55. The third-order valence-electron chi connectivity index (χ3n) is 4.85. The molecule has 0 aromatic carbocycles. The van der Waals surface area contributed by atoms with E-state index in [9.17, 15) is 4.79 Å². The highest BCUT2D eigenvalue weighted by Crippen LogP contribution is 2.31. The molecule has 0 bridgehead atoms. The molecule has 1 N–H and O–H groups in total. The lowest BCUT2D eigenvalue weighted by Gasteiger charge is -2.31. The Morgan fingerprint density at radius 3 is 2.48 bits per heavy atom. The lowest BCUT2D eigenvalue weighted by atomic mass is 10.0. The molecule has 116 valence electrons. The molecule has 1 aliphatic carbocycles. The molecule has 1 unspecified atom stereocenters. The zero-order valence-electron chi connectivity index (χ0n) is 13.4. The maximum Gasteiger partial charge on any atom is 0.257 e. The molecular weight excluding hydrogens is 264 g/mol. The summed E-state index contributed by atoms with van der Waals surface area (Å²) in [6, 6.07) is 0.896. The molecule has 2 aliphatic rings. The van der Waals surface area contributed by atoms with Gasteiger partial charge in [-0.25, -0.2) is 0 Å². The lowest BCUT2D eigenvalue weighted by Crippen LogP contribution is -2.46. The van der Waals surface area contributed by atoms with Gasteiger partial charge in [-0.15, -0.1) is 0 Å². The maximum absolute atomic E-state index is 13.0. The standard InChI is InChI=1S/C17H26N2O2/c1-11-12(2)21-13(3)16(11)17(20)19(15-7-8-15)10-14-6-4-5-9-18-14/h14-15,18H,4-10H2,1-3H3. The first-order chi connectivity index (χ1) is 10.1. The highest BCUT2D eigenvalue weighted by molar-refractivity contribution is 5.97. The Hall–Kier alpha value is -1.29. The van der Waals surface area contributed by atoms with E-state index in [2.05, 4.69) is 10.2 Å². The van der Waals surface area contributed by atoms with Crippen LogP contribution in [0.5, 0.6) is 0 Å². The van der Waals surface area contributed by atoms with Crippen LogP contribution in [0.2, 0.25) is 0 Å². The van der Waals surface area contributed by atoms with Crippen LogP contribution < -0.4 is 5.32 Å². The van der Waals surface area contributed by atoms with Crippen molar-refractivity contribution >= 4 is 5.91 Å². The monoisotopic (exact) mass is 290 g/mol. The van der Waals surface area contributed by atoms with Crippen molar-refractivity contribution in [2.45, 2.75) is 65.0 Å². The molecule has 1 aliphatic heterocycles. The van der Waals surface area contributed by atoms with Crippen LogP contribution in [-0.4, -0.2) is 36.0 Å². The van der Waals surface area contributed by atoms with Gasteiger partial charge in [0.05, 0.1) is 5.56 Å². The zero-order valence-corrected chi connectivity index (χ0v) is 13.4. The van der Waals surface area contributed by atoms with E-state index in [-0.39, 0.29) is 5.91 Å². The number of piperidine rings is 1. The van der Waals surface area contributed by atoms with Crippen molar-refractivity contribution in [3.63, 3.8) is 0 Å². The quantitative estimate of drug-likeness (QED) is 0.927. The van der Waals surface area contributed by atoms with E-state index < -0.39 is 0 Å². The van der Waals surface area contributed by atoms with Crippen LogP contribution in [0, 0.1) is 20.8 Å². The molecule has 4 heteroatoms. The zero-order chi connectivity index (χ0) is 15.0. The summed E-state index contributed by atoms with van der Waals surface area (Å²) in [4.78, 5) is 15.1. The van der Waals surface area contributed by atoms with Crippen molar-refractivity contribution in [2.75, 3.05) is 13.1 Å².